The Balaban J connectivity index is 3.55. The van der Waals surface area contributed by atoms with Crippen LogP contribution in [0, 0.1) is 0 Å². The summed E-state index contributed by atoms with van der Waals surface area (Å²) in [5.74, 6) is 1.46. The topological polar surface area (TPSA) is 89.5 Å². The van der Waals surface area contributed by atoms with Crippen molar-refractivity contribution >= 4 is 45.2 Å². The lowest BCUT2D eigenvalue weighted by Crippen LogP contribution is -2.23. The maximum absolute atomic E-state index is 11.5. The van der Waals surface area contributed by atoms with Crippen LogP contribution in [0.25, 0.3) is 0 Å². The van der Waals surface area contributed by atoms with Crippen LogP contribution in [-0.4, -0.2) is 56.1 Å². The first-order valence-corrected chi connectivity index (χ1v) is 9.32. The van der Waals surface area contributed by atoms with Crippen LogP contribution in [0.5, 0.6) is 0 Å². The summed E-state index contributed by atoms with van der Waals surface area (Å²) >= 11 is -1.06. The van der Waals surface area contributed by atoms with E-state index in [0.717, 1.165) is 11.8 Å². The van der Waals surface area contributed by atoms with Crippen LogP contribution in [0.3, 0.4) is 0 Å². The monoisotopic (exact) mass is 314 g/mol. The van der Waals surface area contributed by atoms with E-state index in [1.54, 1.807) is 0 Å². The summed E-state index contributed by atoms with van der Waals surface area (Å²) in [7, 11) is 1.28. The highest BCUT2D eigenvalue weighted by atomic mass is 32.2. The first-order chi connectivity index (χ1) is 8.45. The Kier molecular flexibility index (Phi) is 11.0. The number of methoxy groups -OCH3 is 1. The van der Waals surface area contributed by atoms with E-state index in [1.807, 2.05) is 0 Å². The number of esters is 1. The van der Waals surface area contributed by atoms with Crippen molar-refractivity contribution < 1.29 is 23.4 Å². The highest BCUT2D eigenvalue weighted by Gasteiger charge is 2.15. The fraction of sp³-hybridized carbons (Fsp3) is 0.800. The van der Waals surface area contributed by atoms with Crippen molar-refractivity contribution in [3.05, 3.63) is 0 Å². The fourth-order valence-electron chi connectivity index (χ4n) is 0.968. The number of hydrogen-bond acceptors (Lipinski definition) is 6. The number of carbonyl (C=O) groups is 2. The third-order valence-corrected chi connectivity index (χ3v) is 5.89. The molecule has 0 saturated carbocycles. The van der Waals surface area contributed by atoms with Crippen molar-refractivity contribution in [1.29, 1.82) is 0 Å². The Morgan fingerprint density at radius 3 is 2.17 bits per heavy atom. The lowest BCUT2D eigenvalue weighted by Gasteiger charge is -2.13. The second-order valence-electron chi connectivity index (χ2n) is 3.36. The van der Waals surface area contributed by atoms with Crippen LogP contribution in [0.2, 0.25) is 0 Å². The summed E-state index contributed by atoms with van der Waals surface area (Å²) in [6.07, 6.45) is 0.121. The molecule has 0 saturated heterocycles. The van der Waals surface area contributed by atoms with Crippen molar-refractivity contribution in [2.45, 2.75) is 13.3 Å². The summed E-state index contributed by atoms with van der Waals surface area (Å²) in [6, 6.07) is 0. The zero-order valence-electron chi connectivity index (χ0n) is 10.5. The van der Waals surface area contributed by atoms with E-state index in [4.69, 9.17) is 0 Å². The Hall–Kier alpha value is 0.110. The molecule has 0 aliphatic carbocycles. The molecule has 0 radical (unpaired) electrons. The van der Waals surface area contributed by atoms with Gasteiger partial charge in [-0.3, -0.25) is 9.59 Å². The van der Waals surface area contributed by atoms with Crippen LogP contribution >= 0.6 is 11.8 Å². The molecule has 0 rings (SSSR count). The second-order valence-corrected chi connectivity index (χ2v) is 8.03. The van der Waals surface area contributed by atoms with Crippen molar-refractivity contribution in [3.63, 3.8) is 0 Å². The molecule has 0 aliphatic heterocycles. The largest absolute Gasteiger partial charge is 0.616 e. The Labute approximate surface area is 118 Å². The van der Waals surface area contributed by atoms with E-state index in [-0.39, 0.29) is 23.3 Å². The molecule has 0 aliphatic rings. The molecular formula is C10H18O5S3. The zero-order valence-corrected chi connectivity index (χ0v) is 13.0. The highest BCUT2D eigenvalue weighted by molar-refractivity contribution is 8.14. The fourth-order valence-corrected chi connectivity index (χ4v) is 4.62. The van der Waals surface area contributed by atoms with Gasteiger partial charge in [-0.05, 0) is 22.4 Å². The second kappa shape index (κ2) is 11.0. The van der Waals surface area contributed by atoms with Crippen LogP contribution in [0.15, 0.2) is 0 Å². The van der Waals surface area contributed by atoms with Crippen molar-refractivity contribution in [1.82, 2.24) is 0 Å². The quantitative estimate of drug-likeness (QED) is 0.450. The predicted octanol–water partition coefficient (Wildman–Crippen LogP) is 0.327. The van der Waals surface area contributed by atoms with Gasteiger partial charge in [0, 0.05) is 12.7 Å². The minimum Gasteiger partial charge on any atom is -0.616 e. The normalized spacial score (nSPS) is 14.0. The highest BCUT2D eigenvalue weighted by Crippen LogP contribution is 2.05. The summed E-state index contributed by atoms with van der Waals surface area (Å²) in [5.41, 5.74) is 0. The summed E-state index contributed by atoms with van der Waals surface area (Å²) in [5, 5.41) is 0.00801. The van der Waals surface area contributed by atoms with Gasteiger partial charge in [0.15, 0.2) is 5.12 Å². The van der Waals surface area contributed by atoms with E-state index in [2.05, 4.69) is 4.74 Å². The van der Waals surface area contributed by atoms with E-state index >= 15 is 0 Å². The van der Waals surface area contributed by atoms with Gasteiger partial charge in [-0.15, -0.1) is 0 Å². The lowest BCUT2D eigenvalue weighted by molar-refractivity contribution is -0.140. The molecule has 18 heavy (non-hydrogen) atoms. The molecule has 0 heterocycles. The molecule has 2 unspecified atom stereocenters. The maximum atomic E-state index is 11.5. The predicted molar refractivity (Wildman–Crippen MR) is 75.5 cm³/mol. The number of thioether (sulfide) groups is 1. The van der Waals surface area contributed by atoms with E-state index in [0.29, 0.717) is 23.0 Å². The smallest absolute Gasteiger partial charge is 0.310 e. The van der Waals surface area contributed by atoms with Crippen LogP contribution in [-0.2, 0) is 36.7 Å². The first kappa shape index (κ1) is 18.1. The molecule has 8 heteroatoms. The third kappa shape index (κ3) is 11.2. The average Bonchev–Trinajstić information content (AvgIpc) is 2.32. The molecular weight excluding hydrogens is 296 g/mol. The van der Waals surface area contributed by atoms with E-state index in [1.165, 1.54) is 14.0 Å². The molecule has 2 atom stereocenters. The third-order valence-electron chi connectivity index (χ3n) is 1.92. The van der Waals surface area contributed by atoms with E-state index in [9.17, 15) is 18.7 Å². The van der Waals surface area contributed by atoms with Crippen LogP contribution in [0.1, 0.15) is 13.3 Å². The Morgan fingerprint density at radius 2 is 1.67 bits per heavy atom. The number of hydrogen-bond donors (Lipinski definition) is 0. The Morgan fingerprint density at radius 1 is 1.11 bits per heavy atom. The van der Waals surface area contributed by atoms with Gasteiger partial charge in [0.25, 0.3) is 0 Å². The van der Waals surface area contributed by atoms with Crippen molar-refractivity contribution in [3.8, 4) is 0 Å². The Bertz CT molecular complexity index is 262. The molecule has 0 aromatic carbocycles. The lowest BCUT2D eigenvalue weighted by atomic mass is 10.5. The van der Waals surface area contributed by atoms with Crippen molar-refractivity contribution in [2.24, 2.45) is 0 Å². The zero-order chi connectivity index (χ0) is 14.0. The van der Waals surface area contributed by atoms with Gasteiger partial charge in [-0.25, -0.2) is 0 Å². The minimum absolute atomic E-state index is 0.00801. The van der Waals surface area contributed by atoms with Crippen LogP contribution in [0.4, 0.5) is 0 Å². The van der Waals surface area contributed by atoms with Gasteiger partial charge in [0.1, 0.15) is 23.0 Å². The molecule has 0 amide bonds. The van der Waals surface area contributed by atoms with E-state index < -0.39 is 22.4 Å². The number of carbonyl (C=O) groups excluding carboxylic acids is 2. The standard InChI is InChI=1S/C10H18O5S3/c1-9(11)16-4-6-18(14)8-7-17(13)5-3-10(12)15-2/h3-8H2,1-2H3. The molecule has 0 spiro atoms. The average molecular weight is 314 g/mol. The molecule has 0 fully saturated rings. The molecule has 0 aromatic rings. The summed E-state index contributed by atoms with van der Waals surface area (Å²) < 4.78 is 27.4. The molecule has 0 N–H and O–H groups in total. The van der Waals surface area contributed by atoms with Gasteiger partial charge in [0.05, 0.1) is 13.5 Å². The van der Waals surface area contributed by atoms with Crippen LogP contribution < -0.4 is 0 Å². The van der Waals surface area contributed by atoms with Crippen molar-refractivity contribution in [2.75, 3.05) is 35.9 Å². The number of ether oxygens (including phenoxy) is 1. The molecule has 0 bridgehead atoms. The SMILES string of the molecule is COC(=O)CC[S+]([O-])CC[S+]([O-])CCSC(C)=O. The van der Waals surface area contributed by atoms with Gasteiger partial charge in [0.2, 0.25) is 0 Å². The first-order valence-electron chi connectivity index (χ1n) is 5.36. The molecule has 106 valence electrons. The minimum atomic E-state index is -1.14. The summed E-state index contributed by atoms with van der Waals surface area (Å²) in [6.45, 7) is 1.47. The maximum Gasteiger partial charge on any atom is 0.310 e. The van der Waals surface area contributed by atoms with Gasteiger partial charge in [-0.1, -0.05) is 11.8 Å². The van der Waals surface area contributed by atoms with Gasteiger partial charge >= 0.3 is 5.97 Å². The van der Waals surface area contributed by atoms with Gasteiger partial charge in [-0.2, -0.15) is 0 Å². The number of rotatable bonds is 9. The molecule has 0 aromatic heterocycles. The summed E-state index contributed by atoms with van der Waals surface area (Å²) in [4.78, 5) is 21.4. The van der Waals surface area contributed by atoms with Gasteiger partial charge < -0.3 is 13.8 Å². The molecule has 5 nitrogen and oxygen atoms in total.